The third-order valence-electron chi connectivity index (χ3n) is 5.34. The van der Waals surface area contributed by atoms with E-state index in [1.165, 1.54) is 36.8 Å². The van der Waals surface area contributed by atoms with Gasteiger partial charge in [-0.2, -0.15) is 0 Å². The summed E-state index contributed by atoms with van der Waals surface area (Å²) in [6, 6.07) is 14.8. The van der Waals surface area contributed by atoms with E-state index >= 15 is 0 Å². The molecule has 3 N–H and O–H groups in total. The van der Waals surface area contributed by atoms with E-state index in [2.05, 4.69) is 0 Å². The number of aliphatic hydroxyl groups is 1. The number of phenolic OH excluding ortho intramolecular Hbond substituents is 2. The molecule has 2 aromatic rings. The van der Waals surface area contributed by atoms with Gasteiger partial charge >= 0.3 is 0 Å². The van der Waals surface area contributed by atoms with Crippen LogP contribution in [0.4, 0.5) is 0 Å². The molecule has 26 heavy (non-hydrogen) atoms. The van der Waals surface area contributed by atoms with Crippen molar-refractivity contribution in [1.82, 2.24) is 0 Å². The molecule has 1 fully saturated rings. The SMILES string of the molecule is OCCCCC(=C(c1ccc(O)cc1)c1ccc(O)cc1)C1CCCC1. The van der Waals surface area contributed by atoms with Crippen molar-refractivity contribution in [3.63, 3.8) is 0 Å². The van der Waals surface area contributed by atoms with Crippen molar-refractivity contribution >= 4 is 5.57 Å². The van der Waals surface area contributed by atoms with Gasteiger partial charge in [-0.05, 0) is 79.0 Å². The molecule has 0 aromatic heterocycles. The first-order valence-electron chi connectivity index (χ1n) is 9.61. The summed E-state index contributed by atoms with van der Waals surface area (Å²) in [6.07, 6.45) is 7.74. The van der Waals surface area contributed by atoms with E-state index in [0.717, 1.165) is 30.4 Å². The van der Waals surface area contributed by atoms with Gasteiger partial charge in [-0.3, -0.25) is 0 Å². The smallest absolute Gasteiger partial charge is 0.115 e. The zero-order valence-corrected chi connectivity index (χ0v) is 15.2. The zero-order chi connectivity index (χ0) is 18.4. The lowest BCUT2D eigenvalue weighted by atomic mass is 9.83. The predicted molar refractivity (Wildman–Crippen MR) is 105 cm³/mol. The number of aromatic hydroxyl groups is 2. The molecule has 1 aliphatic rings. The van der Waals surface area contributed by atoms with Crippen LogP contribution in [-0.2, 0) is 0 Å². The number of hydrogen-bond acceptors (Lipinski definition) is 3. The van der Waals surface area contributed by atoms with Crippen LogP contribution < -0.4 is 0 Å². The van der Waals surface area contributed by atoms with Crippen molar-refractivity contribution < 1.29 is 15.3 Å². The van der Waals surface area contributed by atoms with E-state index in [-0.39, 0.29) is 18.1 Å². The van der Waals surface area contributed by atoms with E-state index in [4.69, 9.17) is 0 Å². The van der Waals surface area contributed by atoms with Crippen molar-refractivity contribution in [3.05, 3.63) is 65.2 Å². The fourth-order valence-corrected chi connectivity index (χ4v) is 4.03. The molecule has 0 spiro atoms. The molecule has 3 nitrogen and oxygen atoms in total. The molecule has 0 aliphatic heterocycles. The molecule has 138 valence electrons. The van der Waals surface area contributed by atoms with Gasteiger partial charge in [0.1, 0.15) is 11.5 Å². The molecule has 2 aromatic carbocycles. The number of benzene rings is 2. The number of unbranched alkanes of at least 4 members (excludes halogenated alkanes) is 1. The number of hydrogen-bond donors (Lipinski definition) is 3. The lowest BCUT2D eigenvalue weighted by Gasteiger charge is -2.22. The normalized spacial score (nSPS) is 14.5. The van der Waals surface area contributed by atoms with Gasteiger partial charge in [-0.25, -0.2) is 0 Å². The minimum absolute atomic E-state index is 0.228. The molecule has 0 amide bonds. The Bertz CT molecular complexity index is 676. The molecule has 0 radical (unpaired) electrons. The predicted octanol–water partition coefficient (Wildman–Crippen LogP) is 5.25. The third-order valence-corrected chi connectivity index (χ3v) is 5.34. The van der Waals surface area contributed by atoms with Gasteiger partial charge < -0.3 is 15.3 Å². The fourth-order valence-electron chi connectivity index (χ4n) is 4.03. The number of rotatable bonds is 7. The van der Waals surface area contributed by atoms with Crippen LogP contribution in [0.15, 0.2) is 54.1 Å². The van der Waals surface area contributed by atoms with Crippen LogP contribution in [0.1, 0.15) is 56.1 Å². The lowest BCUT2D eigenvalue weighted by molar-refractivity contribution is 0.284. The second-order valence-corrected chi connectivity index (χ2v) is 7.16. The molecule has 0 saturated heterocycles. The Balaban J connectivity index is 2.10. The Labute approximate surface area is 155 Å². The quantitative estimate of drug-likeness (QED) is 0.596. The summed E-state index contributed by atoms with van der Waals surface area (Å²) >= 11 is 0. The highest BCUT2D eigenvalue weighted by atomic mass is 16.3. The van der Waals surface area contributed by atoms with Crippen LogP contribution >= 0.6 is 0 Å². The van der Waals surface area contributed by atoms with Gasteiger partial charge in [0, 0.05) is 6.61 Å². The molecule has 3 rings (SSSR count). The van der Waals surface area contributed by atoms with Gasteiger partial charge in [-0.1, -0.05) is 42.7 Å². The molecule has 1 saturated carbocycles. The zero-order valence-electron chi connectivity index (χ0n) is 15.2. The highest BCUT2D eigenvalue weighted by Gasteiger charge is 2.23. The first-order valence-corrected chi connectivity index (χ1v) is 9.61. The Morgan fingerprint density at radius 3 is 1.73 bits per heavy atom. The van der Waals surface area contributed by atoms with Crippen molar-refractivity contribution in [2.75, 3.05) is 6.61 Å². The maximum atomic E-state index is 9.69. The number of phenols is 2. The van der Waals surface area contributed by atoms with Gasteiger partial charge in [0.25, 0.3) is 0 Å². The molecular weight excluding hydrogens is 324 g/mol. The Kier molecular flexibility index (Phi) is 6.35. The molecule has 0 heterocycles. The summed E-state index contributed by atoms with van der Waals surface area (Å²) in [4.78, 5) is 0. The van der Waals surface area contributed by atoms with E-state index in [9.17, 15) is 15.3 Å². The second kappa shape index (κ2) is 8.91. The summed E-state index contributed by atoms with van der Waals surface area (Å²) in [5.74, 6) is 1.11. The minimum Gasteiger partial charge on any atom is -0.508 e. The Morgan fingerprint density at radius 2 is 1.27 bits per heavy atom. The molecule has 0 bridgehead atoms. The first-order chi connectivity index (χ1) is 12.7. The average Bonchev–Trinajstić information content (AvgIpc) is 3.18. The molecule has 0 atom stereocenters. The van der Waals surface area contributed by atoms with Crippen LogP contribution in [0.5, 0.6) is 11.5 Å². The van der Waals surface area contributed by atoms with E-state index < -0.39 is 0 Å². The summed E-state index contributed by atoms with van der Waals surface area (Å²) in [5.41, 5.74) is 4.86. The van der Waals surface area contributed by atoms with Crippen LogP contribution in [0.3, 0.4) is 0 Å². The van der Waals surface area contributed by atoms with E-state index in [1.54, 1.807) is 24.3 Å². The van der Waals surface area contributed by atoms with Gasteiger partial charge in [0.2, 0.25) is 0 Å². The Hall–Kier alpha value is -2.26. The van der Waals surface area contributed by atoms with Crippen LogP contribution in [0.25, 0.3) is 5.57 Å². The van der Waals surface area contributed by atoms with Crippen molar-refractivity contribution in [2.24, 2.45) is 5.92 Å². The lowest BCUT2D eigenvalue weighted by Crippen LogP contribution is -2.05. The maximum Gasteiger partial charge on any atom is 0.115 e. The monoisotopic (exact) mass is 352 g/mol. The van der Waals surface area contributed by atoms with Crippen molar-refractivity contribution in [2.45, 2.75) is 44.9 Å². The molecule has 0 unspecified atom stereocenters. The Morgan fingerprint density at radius 1 is 0.769 bits per heavy atom. The van der Waals surface area contributed by atoms with Gasteiger partial charge in [-0.15, -0.1) is 0 Å². The van der Waals surface area contributed by atoms with Crippen LogP contribution in [0, 0.1) is 5.92 Å². The van der Waals surface area contributed by atoms with Crippen molar-refractivity contribution in [3.8, 4) is 11.5 Å². The summed E-state index contributed by atoms with van der Waals surface area (Å²) in [7, 11) is 0. The topological polar surface area (TPSA) is 60.7 Å². The van der Waals surface area contributed by atoms with Crippen LogP contribution in [0.2, 0.25) is 0 Å². The largest absolute Gasteiger partial charge is 0.508 e. The average molecular weight is 352 g/mol. The standard InChI is InChI=1S/C23H28O3/c24-16-4-3-7-22(17-5-1-2-6-17)23(18-8-12-20(25)13-9-18)19-10-14-21(26)15-11-19/h8-15,17,24-26H,1-7,16H2. The number of aliphatic hydroxyl groups excluding tert-OH is 1. The van der Waals surface area contributed by atoms with Gasteiger partial charge in [0.05, 0.1) is 0 Å². The summed E-state index contributed by atoms with van der Waals surface area (Å²) in [5, 5.41) is 28.6. The molecular formula is C23H28O3. The van der Waals surface area contributed by atoms with Crippen molar-refractivity contribution in [1.29, 1.82) is 0 Å². The minimum atomic E-state index is 0.228. The van der Waals surface area contributed by atoms with Gasteiger partial charge in [0.15, 0.2) is 0 Å². The highest BCUT2D eigenvalue weighted by molar-refractivity contribution is 5.82. The molecule has 3 heteroatoms. The summed E-state index contributed by atoms with van der Waals surface area (Å²) < 4.78 is 0. The number of allylic oxidation sites excluding steroid dienone is 1. The first kappa shape index (κ1) is 18.5. The maximum absolute atomic E-state index is 9.69. The fraction of sp³-hybridized carbons (Fsp3) is 0.391. The summed E-state index contributed by atoms with van der Waals surface area (Å²) in [6.45, 7) is 0.228. The second-order valence-electron chi connectivity index (χ2n) is 7.16. The molecule has 1 aliphatic carbocycles. The highest BCUT2D eigenvalue weighted by Crippen LogP contribution is 2.41. The van der Waals surface area contributed by atoms with Crippen LogP contribution in [-0.4, -0.2) is 21.9 Å². The van der Waals surface area contributed by atoms with E-state index in [0.29, 0.717) is 5.92 Å². The van der Waals surface area contributed by atoms with E-state index in [1.807, 2.05) is 24.3 Å². The third kappa shape index (κ3) is 4.47.